The average molecular weight is 275 g/mol. The van der Waals surface area contributed by atoms with Crippen LogP contribution in [0.3, 0.4) is 0 Å². The zero-order valence-electron chi connectivity index (χ0n) is 11.6. The predicted molar refractivity (Wildman–Crippen MR) is 79.2 cm³/mol. The first kappa shape index (κ1) is 13.2. The van der Waals surface area contributed by atoms with E-state index in [1.54, 1.807) is 12.1 Å². The van der Waals surface area contributed by atoms with Gasteiger partial charge in [0.25, 0.3) is 0 Å². The lowest BCUT2D eigenvalue weighted by Gasteiger charge is -2.24. The lowest BCUT2D eigenvalue weighted by molar-refractivity contribution is 0.0698. The van der Waals surface area contributed by atoms with Gasteiger partial charge in [-0.15, -0.1) is 0 Å². The summed E-state index contributed by atoms with van der Waals surface area (Å²) in [5, 5.41) is 9.01. The van der Waals surface area contributed by atoms with Gasteiger partial charge in [-0.3, -0.25) is 4.90 Å². The Morgan fingerprint density at radius 1 is 1.25 bits per heavy atom. The van der Waals surface area contributed by atoms with E-state index in [9.17, 15) is 4.79 Å². The SMILES string of the molecule is Nc1cc(N2CCC(N3CCCC3)C2)ccc1C(=O)O. The molecule has 20 heavy (non-hydrogen) atoms. The van der Waals surface area contributed by atoms with Crippen LogP contribution in [0.1, 0.15) is 29.6 Å². The van der Waals surface area contributed by atoms with Gasteiger partial charge in [0.15, 0.2) is 0 Å². The minimum atomic E-state index is -0.967. The Labute approximate surface area is 119 Å². The second kappa shape index (κ2) is 5.32. The molecule has 0 amide bonds. The number of nitrogens with zero attached hydrogens (tertiary/aromatic N) is 2. The minimum absolute atomic E-state index is 0.184. The number of carbonyl (C=O) groups is 1. The first-order valence-electron chi connectivity index (χ1n) is 7.27. The highest BCUT2D eigenvalue weighted by atomic mass is 16.4. The molecule has 108 valence electrons. The summed E-state index contributed by atoms with van der Waals surface area (Å²) in [6.07, 6.45) is 3.81. The van der Waals surface area contributed by atoms with E-state index in [1.807, 2.05) is 6.07 Å². The largest absolute Gasteiger partial charge is 0.478 e. The van der Waals surface area contributed by atoms with Crippen molar-refractivity contribution in [3.05, 3.63) is 23.8 Å². The zero-order chi connectivity index (χ0) is 14.1. The maximum absolute atomic E-state index is 11.0. The van der Waals surface area contributed by atoms with Gasteiger partial charge >= 0.3 is 5.97 Å². The molecule has 0 bridgehead atoms. The standard InChI is InChI=1S/C15H21N3O2/c16-14-9-11(3-4-13(14)15(19)20)18-8-5-12(10-18)17-6-1-2-7-17/h3-4,9,12H,1-2,5-8,10,16H2,(H,19,20). The molecule has 2 aliphatic rings. The van der Waals surface area contributed by atoms with Crippen LogP contribution < -0.4 is 10.6 Å². The van der Waals surface area contributed by atoms with Gasteiger partial charge in [-0.1, -0.05) is 0 Å². The van der Waals surface area contributed by atoms with Gasteiger partial charge < -0.3 is 15.7 Å². The Hall–Kier alpha value is -1.75. The van der Waals surface area contributed by atoms with Crippen molar-refractivity contribution in [1.29, 1.82) is 0 Å². The Morgan fingerprint density at radius 3 is 2.65 bits per heavy atom. The van der Waals surface area contributed by atoms with E-state index >= 15 is 0 Å². The number of anilines is 2. The summed E-state index contributed by atoms with van der Waals surface area (Å²) < 4.78 is 0. The molecule has 3 rings (SSSR count). The van der Waals surface area contributed by atoms with Crippen molar-refractivity contribution < 1.29 is 9.90 Å². The Kier molecular flexibility index (Phi) is 3.53. The molecule has 0 radical (unpaired) electrons. The molecule has 0 aromatic heterocycles. The normalized spacial score (nSPS) is 23.4. The van der Waals surface area contributed by atoms with E-state index in [2.05, 4.69) is 9.80 Å². The van der Waals surface area contributed by atoms with Crippen molar-refractivity contribution in [2.75, 3.05) is 36.8 Å². The van der Waals surface area contributed by atoms with Crippen LogP contribution in [0.2, 0.25) is 0 Å². The highest BCUT2D eigenvalue weighted by Gasteiger charge is 2.29. The summed E-state index contributed by atoms with van der Waals surface area (Å²) >= 11 is 0. The maximum Gasteiger partial charge on any atom is 0.337 e. The number of carboxylic acid groups (broad SMARTS) is 1. The topological polar surface area (TPSA) is 69.8 Å². The summed E-state index contributed by atoms with van der Waals surface area (Å²) in [5.41, 5.74) is 7.40. The number of rotatable bonds is 3. The second-order valence-electron chi connectivity index (χ2n) is 5.71. The van der Waals surface area contributed by atoms with Gasteiger partial charge in [0.05, 0.1) is 5.56 Å². The van der Waals surface area contributed by atoms with E-state index in [0.717, 1.165) is 18.8 Å². The quantitative estimate of drug-likeness (QED) is 0.821. The smallest absolute Gasteiger partial charge is 0.337 e. The van der Waals surface area contributed by atoms with E-state index in [0.29, 0.717) is 11.7 Å². The van der Waals surface area contributed by atoms with Gasteiger partial charge in [0.2, 0.25) is 0 Å². The molecule has 1 aromatic carbocycles. The van der Waals surface area contributed by atoms with Crippen LogP contribution >= 0.6 is 0 Å². The molecule has 1 atom stereocenters. The van der Waals surface area contributed by atoms with Gasteiger partial charge in [-0.2, -0.15) is 0 Å². The number of likely N-dealkylation sites (tertiary alicyclic amines) is 1. The summed E-state index contributed by atoms with van der Waals surface area (Å²) in [6.45, 7) is 4.48. The van der Waals surface area contributed by atoms with Crippen molar-refractivity contribution in [1.82, 2.24) is 4.90 Å². The summed E-state index contributed by atoms with van der Waals surface area (Å²) in [5.74, 6) is -0.967. The molecule has 2 heterocycles. The van der Waals surface area contributed by atoms with Crippen LogP contribution in [0.15, 0.2) is 18.2 Å². The van der Waals surface area contributed by atoms with E-state index in [-0.39, 0.29) is 5.56 Å². The molecule has 5 nitrogen and oxygen atoms in total. The average Bonchev–Trinajstić information content (AvgIpc) is 3.09. The van der Waals surface area contributed by atoms with Gasteiger partial charge in [0, 0.05) is 30.5 Å². The fourth-order valence-electron chi connectivity index (χ4n) is 3.32. The molecule has 0 spiro atoms. The van der Waals surface area contributed by atoms with Crippen molar-refractivity contribution >= 4 is 17.3 Å². The number of benzene rings is 1. The van der Waals surface area contributed by atoms with E-state index < -0.39 is 5.97 Å². The molecule has 1 aromatic rings. The molecular weight excluding hydrogens is 254 g/mol. The highest BCUT2D eigenvalue weighted by molar-refractivity contribution is 5.94. The third-order valence-corrected chi connectivity index (χ3v) is 4.45. The number of hydrogen-bond acceptors (Lipinski definition) is 4. The number of carboxylic acids is 1. The lowest BCUT2D eigenvalue weighted by Crippen LogP contribution is -2.35. The molecule has 2 saturated heterocycles. The Bertz CT molecular complexity index is 512. The molecule has 0 aliphatic carbocycles. The monoisotopic (exact) mass is 275 g/mol. The van der Waals surface area contributed by atoms with E-state index in [4.69, 9.17) is 10.8 Å². The summed E-state index contributed by atoms with van der Waals surface area (Å²) in [6, 6.07) is 5.90. The van der Waals surface area contributed by atoms with Crippen LogP contribution in [0, 0.1) is 0 Å². The van der Waals surface area contributed by atoms with Gasteiger partial charge in [-0.25, -0.2) is 4.79 Å². The Balaban J connectivity index is 1.71. The van der Waals surface area contributed by atoms with Crippen LogP contribution in [0.25, 0.3) is 0 Å². The first-order valence-corrected chi connectivity index (χ1v) is 7.27. The van der Waals surface area contributed by atoms with Gasteiger partial charge in [0.1, 0.15) is 0 Å². The summed E-state index contributed by atoms with van der Waals surface area (Å²) in [7, 11) is 0. The van der Waals surface area contributed by atoms with E-state index in [1.165, 1.54) is 32.4 Å². The molecule has 0 saturated carbocycles. The first-order chi connectivity index (χ1) is 9.65. The second-order valence-corrected chi connectivity index (χ2v) is 5.71. The third-order valence-electron chi connectivity index (χ3n) is 4.45. The van der Waals surface area contributed by atoms with Crippen LogP contribution in [0.5, 0.6) is 0 Å². The fourth-order valence-corrected chi connectivity index (χ4v) is 3.32. The lowest BCUT2D eigenvalue weighted by atomic mass is 10.1. The number of nitrogen functional groups attached to an aromatic ring is 1. The zero-order valence-corrected chi connectivity index (χ0v) is 11.6. The molecule has 1 unspecified atom stereocenters. The van der Waals surface area contributed by atoms with Crippen LogP contribution in [-0.2, 0) is 0 Å². The number of nitrogens with two attached hydrogens (primary N) is 1. The Morgan fingerprint density at radius 2 is 2.00 bits per heavy atom. The van der Waals surface area contributed by atoms with Crippen LogP contribution in [-0.4, -0.2) is 48.2 Å². The van der Waals surface area contributed by atoms with Gasteiger partial charge in [-0.05, 0) is 50.6 Å². The fraction of sp³-hybridized carbons (Fsp3) is 0.533. The molecule has 3 N–H and O–H groups in total. The highest BCUT2D eigenvalue weighted by Crippen LogP contribution is 2.27. The van der Waals surface area contributed by atoms with Crippen molar-refractivity contribution in [3.63, 3.8) is 0 Å². The molecule has 2 fully saturated rings. The molecule has 5 heteroatoms. The van der Waals surface area contributed by atoms with Crippen molar-refractivity contribution in [3.8, 4) is 0 Å². The number of aromatic carboxylic acids is 1. The van der Waals surface area contributed by atoms with Crippen molar-refractivity contribution in [2.24, 2.45) is 0 Å². The van der Waals surface area contributed by atoms with Crippen molar-refractivity contribution in [2.45, 2.75) is 25.3 Å². The molecular formula is C15H21N3O2. The minimum Gasteiger partial charge on any atom is -0.478 e. The van der Waals surface area contributed by atoms with Crippen LogP contribution in [0.4, 0.5) is 11.4 Å². The maximum atomic E-state index is 11.0. The number of hydrogen-bond donors (Lipinski definition) is 2. The summed E-state index contributed by atoms with van der Waals surface area (Å²) in [4.78, 5) is 15.9. The predicted octanol–water partition coefficient (Wildman–Crippen LogP) is 1.64. The third kappa shape index (κ3) is 2.45. The molecule has 2 aliphatic heterocycles.